The van der Waals surface area contributed by atoms with Crippen molar-refractivity contribution in [1.82, 2.24) is 10.0 Å². The van der Waals surface area contributed by atoms with Gasteiger partial charge in [-0.2, -0.15) is 0 Å². The van der Waals surface area contributed by atoms with E-state index >= 15 is 0 Å². The van der Waals surface area contributed by atoms with Gasteiger partial charge in [-0.15, -0.1) is 0 Å². The zero-order chi connectivity index (χ0) is 13.2. The second kappa shape index (κ2) is 5.59. The Balaban J connectivity index is 1.97. The molecule has 2 rings (SSSR count). The number of hydrogen-bond donors (Lipinski definition) is 3. The summed E-state index contributed by atoms with van der Waals surface area (Å²) in [7, 11) is -1.61. The van der Waals surface area contributed by atoms with Crippen LogP contribution in [-0.4, -0.2) is 33.8 Å². The number of fused-ring (bicyclic) bond motifs is 1. The highest BCUT2D eigenvalue weighted by Gasteiger charge is 2.36. The van der Waals surface area contributed by atoms with E-state index in [0.29, 0.717) is 18.5 Å². The first-order valence-corrected chi connectivity index (χ1v) is 8.27. The Kier molecular flexibility index (Phi) is 4.29. The van der Waals surface area contributed by atoms with Crippen molar-refractivity contribution in [3.63, 3.8) is 0 Å². The predicted molar refractivity (Wildman–Crippen MR) is 72.4 cm³/mol. The summed E-state index contributed by atoms with van der Waals surface area (Å²) in [5.41, 5.74) is 6.98. The molecule has 4 N–H and O–H groups in total. The summed E-state index contributed by atoms with van der Waals surface area (Å²) in [4.78, 5) is 0. The summed E-state index contributed by atoms with van der Waals surface area (Å²) >= 11 is 0. The van der Waals surface area contributed by atoms with E-state index in [9.17, 15) is 8.42 Å². The summed E-state index contributed by atoms with van der Waals surface area (Å²) < 4.78 is 25.6. The molecule has 104 valence electrons. The van der Waals surface area contributed by atoms with E-state index in [1.54, 1.807) is 0 Å². The van der Waals surface area contributed by atoms with Gasteiger partial charge in [-0.25, -0.2) is 13.1 Å². The fraction of sp³-hybridized carbons (Fsp3) is 0.833. The van der Waals surface area contributed by atoms with Crippen LogP contribution < -0.4 is 15.8 Å². The van der Waals surface area contributed by atoms with Crippen LogP contribution in [0.25, 0.3) is 0 Å². The monoisotopic (exact) mass is 273 g/mol. The van der Waals surface area contributed by atoms with Crippen molar-refractivity contribution in [2.45, 2.75) is 31.7 Å². The Hall–Kier alpha value is -0.590. The first kappa shape index (κ1) is 13.8. The van der Waals surface area contributed by atoms with Gasteiger partial charge in [-0.05, 0) is 57.0 Å². The molecule has 18 heavy (non-hydrogen) atoms. The quantitative estimate of drug-likeness (QED) is 0.666. The molecule has 0 amide bonds. The van der Waals surface area contributed by atoms with Gasteiger partial charge in [0, 0.05) is 12.0 Å². The van der Waals surface area contributed by atoms with E-state index in [1.165, 1.54) is 12.6 Å². The second-order valence-electron chi connectivity index (χ2n) is 5.30. The van der Waals surface area contributed by atoms with Gasteiger partial charge in [0.2, 0.25) is 10.0 Å². The van der Waals surface area contributed by atoms with Crippen LogP contribution >= 0.6 is 0 Å². The molecular weight excluding hydrogens is 250 g/mol. The van der Waals surface area contributed by atoms with Gasteiger partial charge < -0.3 is 11.1 Å². The molecule has 5 nitrogen and oxygen atoms in total. The average Bonchev–Trinajstić information content (AvgIpc) is 2.72. The molecule has 0 saturated heterocycles. The number of hydrogen-bond acceptors (Lipinski definition) is 4. The van der Waals surface area contributed by atoms with Crippen LogP contribution in [-0.2, 0) is 10.0 Å². The van der Waals surface area contributed by atoms with E-state index in [0.717, 1.165) is 25.7 Å². The molecule has 2 aliphatic rings. The highest BCUT2D eigenvalue weighted by molar-refractivity contribution is 7.89. The van der Waals surface area contributed by atoms with Crippen molar-refractivity contribution >= 4 is 10.0 Å². The third-order valence-corrected chi connectivity index (χ3v) is 5.65. The van der Waals surface area contributed by atoms with E-state index in [1.807, 2.05) is 0 Å². The van der Waals surface area contributed by atoms with Gasteiger partial charge in [0.25, 0.3) is 0 Å². The zero-order valence-electron chi connectivity index (χ0n) is 10.9. The smallest absolute Gasteiger partial charge is 0.211 e. The Bertz CT molecular complexity index is 419. The molecule has 0 bridgehead atoms. The Morgan fingerprint density at radius 2 is 2.28 bits per heavy atom. The van der Waals surface area contributed by atoms with E-state index in [-0.39, 0.29) is 11.7 Å². The number of nitrogens with two attached hydrogens (primary N) is 1. The lowest BCUT2D eigenvalue weighted by Gasteiger charge is -2.33. The van der Waals surface area contributed by atoms with Crippen LogP contribution in [0, 0.1) is 11.8 Å². The summed E-state index contributed by atoms with van der Waals surface area (Å²) in [6.07, 6.45) is 6.01. The van der Waals surface area contributed by atoms with Crippen LogP contribution in [0.3, 0.4) is 0 Å². The normalized spacial score (nSPS) is 31.7. The van der Waals surface area contributed by atoms with Crippen LogP contribution in [0.1, 0.15) is 25.7 Å². The first-order chi connectivity index (χ1) is 8.55. The minimum Gasteiger partial charge on any atom is -0.388 e. The number of sulfonamides is 1. The SMILES string of the molecule is CNS(=O)(=O)CC1CCC2NC=C(CCN)C2C1. The molecule has 1 heterocycles. The predicted octanol–water partition coefficient (Wildman–Crippen LogP) is 0.156. The molecule has 1 fully saturated rings. The van der Waals surface area contributed by atoms with Gasteiger partial charge in [-0.3, -0.25) is 0 Å². The van der Waals surface area contributed by atoms with Crippen molar-refractivity contribution in [2.24, 2.45) is 17.6 Å². The van der Waals surface area contributed by atoms with Crippen LogP contribution in [0.5, 0.6) is 0 Å². The maximum atomic E-state index is 11.6. The third kappa shape index (κ3) is 3.05. The summed E-state index contributed by atoms with van der Waals surface area (Å²) in [5.74, 6) is 1.01. The lowest BCUT2D eigenvalue weighted by Crippen LogP contribution is -2.37. The molecule has 0 radical (unpaired) electrons. The van der Waals surface area contributed by atoms with Gasteiger partial charge in [0.1, 0.15) is 0 Å². The minimum atomic E-state index is -3.09. The van der Waals surface area contributed by atoms with Crippen LogP contribution in [0.15, 0.2) is 11.8 Å². The average molecular weight is 273 g/mol. The highest BCUT2D eigenvalue weighted by Crippen LogP contribution is 2.38. The Morgan fingerprint density at radius 1 is 1.50 bits per heavy atom. The molecule has 0 spiro atoms. The fourth-order valence-corrected chi connectivity index (χ4v) is 4.25. The molecule has 1 aliphatic heterocycles. The molecule has 0 aromatic rings. The lowest BCUT2D eigenvalue weighted by molar-refractivity contribution is 0.271. The van der Waals surface area contributed by atoms with Gasteiger partial charge in [0.05, 0.1) is 5.75 Å². The van der Waals surface area contributed by atoms with Gasteiger partial charge in [0.15, 0.2) is 0 Å². The van der Waals surface area contributed by atoms with Crippen molar-refractivity contribution < 1.29 is 8.42 Å². The zero-order valence-corrected chi connectivity index (χ0v) is 11.7. The highest BCUT2D eigenvalue weighted by atomic mass is 32.2. The molecule has 1 aliphatic carbocycles. The van der Waals surface area contributed by atoms with Gasteiger partial charge in [-0.1, -0.05) is 0 Å². The van der Waals surface area contributed by atoms with E-state index in [2.05, 4.69) is 16.2 Å². The van der Waals surface area contributed by atoms with E-state index in [4.69, 9.17) is 5.73 Å². The molecule has 3 atom stereocenters. The maximum Gasteiger partial charge on any atom is 0.211 e. The first-order valence-electron chi connectivity index (χ1n) is 6.62. The Labute approximate surface area is 109 Å². The standard InChI is InChI=1S/C12H23N3O2S/c1-14-18(16,17)8-9-2-3-12-11(6-9)10(4-5-13)7-15-12/h7,9,11-12,14-15H,2-6,8,13H2,1H3. The van der Waals surface area contributed by atoms with Crippen molar-refractivity contribution in [3.8, 4) is 0 Å². The number of rotatable bonds is 5. The molecular formula is C12H23N3O2S. The molecule has 0 aromatic carbocycles. The third-order valence-electron chi connectivity index (χ3n) is 4.12. The van der Waals surface area contributed by atoms with Crippen molar-refractivity contribution in [3.05, 3.63) is 11.8 Å². The molecule has 0 aromatic heterocycles. The van der Waals surface area contributed by atoms with Crippen molar-refractivity contribution in [2.75, 3.05) is 19.3 Å². The Morgan fingerprint density at radius 3 is 2.94 bits per heavy atom. The van der Waals surface area contributed by atoms with Crippen molar-refractivity contribution in [1.29, 1.82) is 0 Å². The molecule has 3 unspecified atom stereocenters. The molecule has 1 saturated carbocycles. The van der Waals surface area contributed by atoms with E-state index < -0.39 is 10.0 Å². The van der Waals surface area contributed by atoms with Crippen LogP contribution in [0.2, 0.25) is 0 Å². The summed E-state index contributed by atoms with van der Waals surface area (Å²) in [6, 6.07) is 0.500. The topological polar surface area (TPSA) is 84.2 Å². The minimum absolute atomic E-state index is 0.253. The van der Waals surface area contributed by atoms with Crippen LogP contribution in [0.4, 0.5) is 0 Å². The largest absolute Gasteiger partial charge is 0.388 e. The lowest BCUT2D eigenvalue weighted by atomic mass is 9.76. The maximum absolute atomic E-state index is 11.6. The summed E-state index contributed by atoms with van der Waals surface area (Å²) in [5, 5.41) is 3.41. The number of nitrogens with one attached hydrogen (secondary N) is 2. The van der Waals surface area contributed by atoms with Gasteiger partial charge >= 0.3 is 0 Å². The fourth-order valence-electron chi connectivity index (χ4n) is 3.16. The molecule has 6 heteroatoms. The summed E-state index contributed by atoms with van der Waals surface area (Å²) in [6.45, 7) is 0.663. The second-order valence-corrected chi connectivity index (χ2v) is 7.27.